The van der Waals surface area contributed by atoms with Gasteiger partial charge < -0.3 is 15.0 Å². The van der Waals surface area contributed by atoms with E-state index in [1.807, 2.05) is 24.3 Å². The Bertz CT molecular complexity index is 843. The maximum Gasteiger partial charge on any atom is 0.365 e. The molecule has 0 bridgehead atoms. The first-order chi connectivity index (χ1) is 12.5. The third-order valence-corrected chi connectivity index (χ3v) is 4.77. The van der Waals surface area contributed by atoms with E-state index in [0.29, 0.717) is 13.0 Å². The van der Waals surface area contributed by atoms with E-state index in [4.69, 9.17) is 16.3 Å². The quantitative estimate of drug-likeness (QED) is 0.796. The number of carbonyl (C=O) groups is 2. The fourth-order valence-corrected chi connectivity index (χ4v) is 3.39. The van der Waals surface area contributed by atoms with E-state index >= 15 is 0 Å². The number of methoxy groups -OCH3 is 1. The molecule has 0 saturated heterocycles. The topological polar surface area (TPSA) is 59.8 Å². The lowest BCUT2D eigenvalue weighted by Gasteiger charge is -2.31. The predicted octanol–water partition coefficient (Wildman–Crippen LogP) is 1.60. The van der Waals surface area contributed by atoms with Gasteiger partial charge in [0.1, 0.15) is 12.4 Å². The molecule has 5 nitrogen and oxygen atoms in total. The average molecular weight is 378 g/mol. The van der Waals surface area contributed by atoms with Crippen LogP contribution in [0, 0.1) is 5.82 Å². The van der Waals surface area contributed by atoms with Crippen LogP contribution in [-0.4, -0.2) is 31.6 Å². The van der Waals surface area contributed by atoms with Crippen molar-refractivity contribution in [1.29, 1.82) is 0 Å². The van der Waals surface area contributed by atoms with Crippen molar-refractivity contribution < 1.29 is 23.6 Å². The van der Waals surface area contributed by atoms with Gasteiger partial charge in [-0.15, -0.1) is 0 Å². The molecule has 1 amide bonds. The number of quaternary nitrogens is 1. The summed E-state index contributed by atoms with van der Waals surface area (Å²) in [6.45, 7) is 0.544. The Morgan fingerprint density at radius 2 is 2.00 bits per heavy atom. The van der Waals surface area contributed by atoms with Crippen LogP contribution in [0.3, 0.4) is 0 Å². The highest BCUT2D eigenvalue weighted by atomic mass is 35.5. The number of fused-ring (bicyclic) bond motifs is 1. The first-order valence-electron chi connectivity index (χ1n) is 8.22. The van der Waals surface area contributed by atoms with Gasteiger partial charge in [-0.3, -0.25) is 4.79 Å². The first-order valence-corrected chi connectivity index (χ1v) is 8.60. The molecule has 0 aromatic heterocycles. The van der Waals surface area contributed by atoms with Crippen LogP contribution in [-0.2, 0) is 27.3 Å². The zero-order valence-corrected chi connectivity index (χ0v) is 15.0. The number of rotatable bonds is 4. The van der Waals surface area contributed by atoms with E-state index in [1.165, 1.54) is 19.2 Å². The molecule has 1 unspecified atom stereocenters. The summed E-state index contributed by atoms with van der Waals surface area (Å²) in [4.78, 5) is 25.3. The van der Waals surface area contributed by atoms with E-state index in [2.05, 4.69) is 5.32 Å². The van der Waals surface area contributed by atoms with Gasteiger partial charge in [-0.05, 0) is 23.8 Å². The van der Waals surface area contributed by atoms with Gasteiger partial charge >= 0.3 is 5.97 Å². The Morgan fingerprint density at radius 1 is 1.27 bits per heavy atom. The lowest BCUT2D eigenvalue weighted by atomic mass is 9.94. The fraction of sp³-hybridized carbons (Fsp3) is 0.263. The molecular formula is C19H19ClFN2O3+. The number of amides is 1. The molecule has 1 aliphatic heterocycles. The summed E-state index contributed by atoms with van der Waals surface area (Å²) in [6.07, 6.45) is 0.501. The minimum Gasteiger partial charge on any atom is -0.465 e. The molecule has 2 N–H and O–H groups in total. The van der Waals surface area contributed by atoms with Crippen molar-refractivity contribution in [3.05, 3.63) is 64.4 Å². The van der Waals surface area contributed by atoms with Crippen molar-refractivity contribution in [2.75, 3.05) is 19.0 Å². The minimum absolute atomic E-state index is 0.0240. The number of anilines is 1. The van der Waals surface area contributed by atoms with E-state index in [9.17, 15) is 14.0 Å². The van der Waals surface area contributed by atoms with Crippen LogP contribution >= 0.6 is 11.6 Å². The number of benzene rings is 2. The molecule has 136 valence electrons. The molecule has 26 heavy (non-hydrogen) atoms. The summed E-state index contributed by atoms with van der Waals surface area (Å²) in [6, 6.07) is 11.4. The zero-order chi connectivity index (χ0) is 18.7. The van der Waals surface area contributed by atoms with Gasteiger partial charge in [0, 0.05) is 17.0 Å². The van der Waals surface area contributed by atoms with Crippen molar-refractivity contribution in [3.8, 4) is 0 Å². The molecular weight excluding hydrogens is 359 g/mol. The lowest BCUT2D eigenvalue weighted by Crippen LogP contribution is -3.17. The van der Waals surface area contributed by atoms with Crippen LogP contribution in [0.25, 0.3) is 0 Å². The molecule has 2 aromatic carbocycles. The number of esters is 1. The van der Waals surface area contributed by atoms with E-state index < -0.39 is 11.9 Å². The average Bonchev–Trinajstić information content (AvgIpc) is 2.63. The maximum atomic E-state index is 13.9. The molecule has 1 heterocycles. The molecule has 7 heteroatoms. The lowest BCUT2D eigenvalue weighted by molar-refractivity contribution is -0.924. The number of ether oxygens (including phenoxy) is 1. The van der Waals surface area contributed by atoms with Crippen LogP contribution in [0.1, 0.15) is 11.1 Å². The van der Waals surface area contributed by atoms with Gasteiger partial charge in [-0.25, -0.2) is 9.18 Å². The molecule has 2 aromatic rings. The van der Waals surface area contributed by atoms with Crippen LogP contribution in [0.4, 0.5) is 10.1 Å². The van der Waals surface area contributed by atoms with Gasteiger partial charge in [0.2, 0.25) is 0 Å². The summed E-state index contributed by atoms with van der Waals surface area (Å²) >= 11 is 5.72. The van der Waals surface area contributed by atoms with Gasteiger partial charge in [0.15, 0.2) is 12.6 Å². The number of carbonyl (C=O) groups excluding carboxylic acids is 2. The second-order valence-corrected chi connectivity index (χ2v) is 6.67. The van der Waals surface area contributed by atoms with E-state index in [-0.39, 0.29) is 29.1 Å². The van der Waals surface area contributed by atoms with Gasteiger partial charge in [-0.2, -0.15) is 0 Å². The third-order valence-electron chi connectivity index (χ3n) is 4.53. The van der Waals surface area contributed by atoms with Crippen molar-refractivity contribution in [3.63, 3.8) is 0 Å². The molecule has 0 aliphatic carbocycles. The molecule has 1 aliphatic rings. The Labute approximate surface area is 155 Å². The molecule has 0 saturated carbocycles. The molecule has 0 spiro atoms. The predicted molar refractivity (Wildman–Crippen MR) is 95.5 cm³/mol. The van der Waals surface area contributed by atoms with E-state index in [1.54, 1.807) is 0 Å². The van der Waals surface area contributed by atoms with Crippen LogP contribution < -0.4 is 10.2 Å². The molecule has 0 radical (unpaired) electrons. The summed E-state index contributed by atoms with van der Waals surface area (Å²) in [7, 11) is 1.34. The fourth-order valence-electron chi connectivity index (χ4n) is 3.23. The highest BCUT2D eigenvalue weighted by Gasteiger charge is 2.37. The smallest absolute Gasteiger partial charge is 0.365 e. The molecule has 2 atom stereocenters. The minimum atomic E-state index is -0.602. The Morgan fingerprint density at radius 3 is 2.69 bits per heavy atom. The largest absolute Gasteiger partial charge is 0.465 e. The van der Waals surface area contributed by atoms with Gasteiger partial charge in [0.05, 0.1) is 12.8 Å². The monoisotopic (exact) mass is 377 g/mol. The second-order valence-electron chi connectivity index (χ2n) is 6.23. The van der Waals surface area contributed by atoms with Crippen LogP contribution in [0.5, 0.6) is 0 Å². The zero-order valence-electron chi connectivity index (χ0n) is 14.2. The summed E-state index contributed by atoms with van der Waals surface area (Å²) in [5.41, 5.74) is 2.23. The first kappa shape index (κ1) is 18.4. The highest BCUT2D eigenvalue weighted by Crippen LogP contribution is 2.19. The normalized spacial score (nSPS) is 18.7. The van der Waals surface area contributed by atoms with Gasteiger partial charge in [-0.1, -0.05) is 35.9 Å². The number of hydrogen-bond donors (Lipinski definition) is 2. The number of hydrogen-bond acceptors (Lipinski definition) is 3. The standard InChI is InChI=1S/C19H18ClFN2O3/c1-26-19(25)17-8-12-4-2-3-5-13(12)10-23(17)11-18(24)22-16-7-6-14(20)9-15(16)21/h2-7,9,17H,8,10-11H2,1H3,(H,22,24)/p+1/t17-/m0/s1. The summed E-state index contributed by atoms with van der Waals surface area (Å²) in [5.74, 6) is -1.34. The highest BCUT2D eigenvalue weighted by molar-refractivity contribution is 6.30. The Balaban J connectivity index is 1.75. The number of nitrogens with one attached hydrogen (secondary N) is 2. The molecule has 0 fully saturated rings. The second kappa shape index (κ2) is 7.85. The third kappa shape index (κ3) is 4.03. The Kier molecular flexibility index (Phi) is 5.54. The van der Waals surface area contributed by atoms with Crippen LogP contribution in [0.2, 0.25) is 5.02 Å². The van der Waals surface area contributed by atoms with Crippen molar-refractivity contribution in [2.45, 2.75) is 19.0 Å². The number of halogens is 2. The van der Waals surface area contributed by atoms with Crippen molar-refractivity contribution in [2.24, 2.45) is 0 Å². The van der Waals surface area contributed by atoms with Gasteiger partial charge in [0.25, 0.3) is 5.91 Å². The SMILES string of the molecule is COC(=O)[C@@H]1Cc2ccccc2C[NH+]1CC(=O)Nc1ccc(Cl)cc1F. The summed E-state index contributed by atoms with van der Waals surface area (Å²) < 4.78 is 18.8. The molecule has 3 rings (SSSR count). The summed E-state index contributed by atoms with van der Waals surface area (Å²) in [5, 5.41) is 2.79. The Hall–Kier alpha value is -2.44. The van der Waals surface area contributed by atoms with Crippen LogP contribution in [0.15, 0.2) is 42.5 Å². The van der Waals surface area contributed by atoms with E-state index in [0.717, 1.165) is 22.1 Å². The van der Waals surface area contributed by atoms with Crippen molar-refractivity contribution in [1.82, 2.24) is 0 Å². The van der Waals surface area contributed by atoms with Crippen molar-refractivity contribution >= 4 is 29.2 Å². The maximum absolute atomic E-state index is 13.9.